The van der Waals surface area contributed by atoms with Crippen LogP contribution in [-0.4, -0.2) is 56.5 Å². The van der Waals surface area contributed by atoms with Crippen LogP contribution >= 0.6 is 0 Å². The Morgan fingerprint density at radius 1 is 1.18 bits per heavy atom. The predicted octanol–water partition coefficient (Wildman–Crippen LogP) is 5.52. The maximum absolute atomic E-state index is 14.1. The number of fused-ring (bicyclic) bond motifs is 1. The summed E-state index contributed by atoms with van der Waals surface area (Å²) in [6.07, 6.45) is -8.19. The number of likely N-dealkylation sites (N-methyl/N-ethyl adjacent to an activating group) is 1. The topological polar surface area (TPSA) is 87.2 Å². The molecule has 0 spiro atoms. The molecule has 1 N–H and O–H groups in total. The van der Waals surface area contributed by atoms with Crippen molar-refractivity contribution in [1.29, 1.82) is 0 Å². The van der Waals surface area contributed by atoms with Gasteiger partial charge in [0.15, 0.2) is 0 Å². The number of nitrogens with zero attached hydrogens (tertiary/aromatic N) is 2. The van der Waals surface area contributed by atoms with Crippen LogP contribution in [0, 0.1) is 11.7 Å². The van der Waals surface area contributed by atoms with E-state index in [0.29, 0.717) is 12.1 Å². The van der Waals surface area contributed by atoms with Crippen molar-refractivity contribution in [2.24, 2.45) is 5.92 Å². The SMILES string of the molecule is CC(COc1cc2c(cc1C(F)(F)F)N(c1ccc(F)cc1)C[C@@H](CCCC(F)F)N(C)S2(=O)=O)C(=O)O. The fourth-order valence-corrected chi connectivity index (χ4v) is 5.58. The number of anilines is 2. The van der Waals surface area contributed by atoms with Crippen LogP contribution in [0.2, 0.25) is 0 Å². The van der Waals surface area contributed by atoms with Gasteiger partial charge in [-0.15, -0.1) is 0 Å². The van der Waals surface area contributed by atoms with E-state index < -0.39 is 75.6 Å². The fraction of sp³-hybridized carbons (Fsp3) is 0.458. The second-order valence-electron chi connectivity index (χ2n) is 8.95. The number of hydrogen-bond donors (Lipinski definition) is 1. The van der Waals surface area contributed by atoms with E-state index in [4.69, 9.17) is 9.84 Å². The van der Waals surface area contributed by atoms with Gasteiger partial charge in [-0.25, -0.2) is 21.6 Å². The minimum absolute atomic E-state index is 0.0165. The number of hydrogen-bond acceptors (Lipinski definition) is 5. The van der Waals surface area contributed by atoms with Gasteiger partial charge >= 0.3 is 12.1 Å². The lowest BCUT2D eigenvalue weighted by atomic mass is 10.1. The zero-order valence-corrected chi connectivity index (χ0v) is 21.2. The van der Waals surface area contributed by atoms with E-state index in [1.54, 1.807) is 0 Å². The molecule has 0 aliphatic carbocycles. The second kappa shape index (κ2) is 11.4. The van der Waals surface area contributed by atoms with Gasteiger partial charge in [0.25, 0.3) is 0 Å². The standard InChI is InChI=1S/C24H26F6N2O5S/c1-14(23(33)34)13-37-20-11-21-19(10-18(20)24(28,29)30)32(16-8-6-15(25)7-9-16)12-17(4-3-5-22(26)27)31(2)38(21,35)36/h6-11,14,17,22H,3-5,12-13H2,1-2H3,(H,33,34)/t14?,17-/m1/s1. The first-order valence-electron chi connectivity index (χ1n) is 11.5. The zero-order chi connectivity index (χ0) is 28.4. The lowest BCUT2D eigenvalue weighted by Crippen LogP contribution is -2.40. The van der Waals surface area contributed by atoms with Gasteiger partial charge in [-0.1, -0.05) is 0 Å². The number of ether oxygens (including phenoxy) is 1. The van der Waals surface area contributed by atoms with Gasteiger partial charge in [0, 0.05) is 37.8 Å². The van der Waals surface area contributed by atoms with Crippen molar-refractivity contribution in [3.05, 3.63) is 47.8 Å². The van der Waals surface area contributed by atoms with Crippen LogP contribution < -0.4 is 9.64 Å². The number of benzene rings is 2. The maximum Gasteiger partial charge on any atom is 0.420 e. The molecule has 1 unspecified atom stereocenters. The second-order valence-corrected chi connectivity index (χ2v) is 10.9. The summed E-state index contributed by atoms with van der Waals surface area (Å²) in [5.41, 5.74) is -1.53. The van der Waals surface area contributed by atoms with Crippen LogP contribution in [0.4, 0.5) is 37.7 Å². The summed E-state index contributed by atoms with van der Waals surface area (Å²) in [5.74, 6) is -4.02. The first kappa shape index (κ1) is 29.6. The number of rotatable bonds is 9. The van der Waals surface area contributed by atoms with Crippen molar-refractivity contribution in [3.8, 4) is 5.75 Å². The molecule has 0 fully saturated rings. The average molecular weight is 569 g/mol. The maximum atomic E-state index is 14.1. The molecular weight excluding hydrogens is 542 g/mol. The third-order valence-electron chi connectivity index (χ3n) is 6.23. The van der Waals surface area contributed by atoms with E-state index in [-0.39, 0.29) is 30.8 Å². The molecule has 38 heavy (non-hydrogen) atoms. The summed E-state index contributed by atoms with van der Waals surface area (Å²) < 4.78 is 115. The Morgan fingerprint density at radius 3 is 2.37 bits per heavy atom. The molecule has 1 aliphatic rings. The molecule has 210 valence electrons. The number of carboxylic acids is 1. The number of halogens is 6. The molecule has 1 heterocycles. The molecule has 14 heteroatoms. The number of carboxylic acid groups (broad SMARTS) is 1. The summed E-state index contributed by atoms with van der Waals surface area (Å²) in [7, 11) is -3.28. The minimum atomic E-state index is -5.01. The van der Waals surface area contributed by atoms with E-state index in [1.807, 2.05) is 0 Å². The van der Waals surface area contributed by atoms with E-state index >= 15 is 0 Å². The van der Waals surface area contributed by atoms with Crippen LogP contribution in [-0.2, 0) is 21.0 Å². The van der Waals surface area contributed by atoms with Gasteiger partial charge < -0.3 is 14.7 Å². The Labute approximate surface area is 215 Å². The number of aliphatic carboxylic acids is 1. The van der Waals surface area contributed by atoms with Crippen molar-refractivity contribution in [1.82, 2.24) is 4.31 Å². The van der Waals surface area contributed by atoms with Gasteiger partial charge in [-0.05, 0) is 50.1 Å². The average Bonchev–Trinajstić information content (AvgIpc) is 2.90. The summed E-state index contributed by atoms with van der Waals surface area (Å²) >= 11 is 0. The third-order valence-corrected chi connectivity index (χ3v) is 8.17. The van der Waals surface area contributed by atoms with E-state index in [9.17, 15) is 39.6 Å². The van der Waals surface area contributed by atoms with Crippen molar-refractivity contribution in [2.75, 3.05) is 25.1 Å². The Hall–Kier alpha value is -3.00. The molecule has 0 saturated carbocycles. The molecule has 2 atom stereocenters. The van der Waals surface area contributed by atoms with Gasteiger partial charge in [0.2, 0.25) is 16.4 Å². The van der Waals surface area contributed by atoms with Crippen LogP contribution in [0.15, 0.2) is 41.3 Å². The quantitative estimate of drug-likeness (QED) is 0.401. The molecular formula is C24H26F6N2O5S. The van der Waals surface area contributed by atoms with Gasteiger partial charge in [0.1, 0.15) is 23.1 Å². The molecule has 2 aromatic carbocycles. The Balaban J connectivity index is 2.21. The highest BCUT2D eigenvalue weighted by molar-refractivity contribution is 7.89. The fourth-order valence-electron chi connectivity index (χ4n) is 4.02. The first-order chi connectivity index (χ1) is 17.6. The lowest BCUT2D eigenvalue weighted by molar-refractivity contribution is -0.142. The van der Waals surface area contributed by atoms with Gasteiger partial charge in [-0.2, -0.15) is 17.5 Å². The molecule has 0 aromatic heterocycles. The summed E-state index contributed by atoms with van der Waals surface area (Å²) in [5, 5.41) is 9.07. The molecule has 1 aliphatic heterocycles. The molecule has 0 amide bonds. The smallest absolute Gasteiger partial charge is 0.420 e. The molecule has 3 rings (SSSR count). The summed E-state index contributed by atoms with van der Waals surface area (Å²) in [4.78, 5) is 11.8. The normalized spacial score (nSPS) is 18.7. The van der Waals surface area contributed by atoms with Crippen molar-refractivity contribution in [3.63, 3.8) is 0 Å². The zero-order valence-electron chi connectivity index (χ0n) is 20.4. The molecule has 2 aromatic rings. The Morgan fingerprint density at radius 2 is 1.82 bits per heavy atom. The highest BCUT2D eigenvalue weighted by Crippen LogP contribution is 2.45. The van der Waals surface area contributed by atoms with Crippen LogP contribution in [0.3, 0.4) is 0 Å². The lowest BCUT2D eigenvalue weighted by Gasteiger charge is -2.30. The van der Waals surface area contributed by atoms with Gasteiger partial charge in [-0.3, -0.25) is 4.79 Å². The van der Waals surface area contributed by atoms with E-state index in [1.165, 1.54) is 31.0 Å². The van der Waals surface area contributed by atoms with Crippen molar-refractivity contribution < 1.29 is 49.4 Å². The molecule has 0 saturated heterocycles. The highest BCUT2D eigenvalue weighted by atomic mass is 32.2. The largest absolute Gasteiger partial charge is 0.492 e. The predicted molar refractivity (Wildman–Crippen MR) is 126 cm³/mol. The Kier molecular flexibility index (Phi) is 8.86. The third kappa shape index (κ3) is 6.52. The van der Waals surface area contributed by atoms with Crippen molar-refractivity contribution >= 4 is 27.4 Å². The van der Waals surface area contributed by atoms with E-state index in [2.05, 4.69) is 0 Å². The molecule has 7 nitrogen and oxygen atoms in total. The summed E-state index contributed by atoms with van der Waals surface area (Å²) in [6.45, 7) is 0.347. The summed E-state index contributed by atoms with van der Waals surface area (Å²) in [6, 6.07) is 5.00. The molecule has 0 radical (unpaired) electrons. The van der Waals surface area contributed by atoms with Crippen LogP contribution in [0.25, 0.3) is 0 Å². The number of carbonyl (C=O) groups is 1. The number of alkyl halides is 5. The van der Waals surface area contributed by atoms with Crippen LogP contribution in [0.5, 0.6) is 5.75 Å². The van der Waals surface area contributed by atoms with E-state index in [0.717, 1.165) is 16.4 Å². The number of sulfonamides is 1. The highest BCUT2D eigenvalue weighted by Gasteiger charge is 2.42. The monoisotopic (exact) mass is 568 g/mol. The Bertz CT molecular complexity index is 1250. The van der Waals surface area contributed by atoms with Crippen LogP contribution in [0.1, 0.15) is 31.7 Å². The minimum Gasteiger partial charge on any atom is -0.492 e. The molecule has 0 bridgehead atoms. The van der Waals surface area contributed by atoms with Gasteiger partial charge in [0.05, 0.1) is 17.2 Å². The van der Waals surface area contributed by atoms with Crippen molar-refractivity contribution in [2.45, 2.75) is 49.7 Å². The first-order valence-corrected chi connectivity index (χ1v) is 13.0.